The van der Waals surface area contributed by atoms with Crippen molar-refractivity contribution in [1.29, 1.82) is 0 Å². The van der Waals surface area contributed by atoms with E-state index in [0.717, 1.165) is 17.7 Å². The summed E-state index contributed by atoms with van der Waals surface area (Å²) < 4.78 is 33.1. The molecule has 0 spiro atoms. The maximum atomic E-state index is 13.5. The third-order valence-corrected chi connectivity index (χ3v) is 5.04. The number of halogens is 2. The van der Waals surface area contributed by atoms with Gasteiger partial charge in [0.15, 0.2) is 11.6 Å². The number of ether oxygens (including phenoxy) is 1. The number of carbonyl (C=O) groups is 2. The molecule has 1 N–H and O–H groups in total. The molecule has 2 amide bonds. The molecule has 1 aliphatic rings. The molecule has 31 heavy (non-hydrogen) atoms. The summed E-state index contributed by atoms with van der Waals surface area (Å²) in [6.45, 7) is 0.777. The predicted molar refractivity (Wildman–Crippen MR) is 108 cm³/mol. The second-order valence-corrected chi connectivity index (χ2v) is 7.15. The van der Waals surface area contributed by atoms with Crippen LogP contribution in [0.5, 0.6) is 5.75 Å². The smallest absolute Gasteiger partial charge is 0.329 e. The number of hydrogen-bond acceptors (Lipinski definition) is 4. The predicted octanol–water partition coefficient (Wildman–Crippen LogP) is 3.13. The van der Waals surface area contributed by atoms with E-state index in [9.17, 15) is 18.4 Å². The first-order chi connectivity index (χ1) is 14.9. The minimum atomic E-state index is -0.958. The minimum absolute atomic E-state index is 0.130. The zero-order valence-electron chi connectivity index (χ0n) is 16.8. The highest BCUT2D eigenvalue weighted by atomic mass is 19.2. The van der Waals surface area contributed by atoms with Crippen LogP contribution in [0.3, 0.4) is 0 Å². The standard InChI is InChI=1S/C22H20F2N4O3/c1-31-16-4-2-3-14(9-16)11-25-21(29)19-13-28-20(26-19)7-8-27(22(28)30)12-15-5-6-17(23)18(24)10-15/h2-6,9-10,13H,7-8,11-12H2,1H3,(H,25,29). The Morgan fingerprint density at radius 2 is 2.00 bits per heavy atom. The van der Waals surface area contributed by atoms with Crippen LogP contribution in [-0.2, 0) is 19.5 Å². The summed E-state index contributed by atoms with van der Waals surface area (Å²) in [4.78, 5) is 31.1. The van der Waals surface area contributed by atoms with Crippen molar-refractivity contribution in [3.63, 3.8) is 0 Å². The quantitative estimate of drug-likeness (QED) is 0.657. The zero-order valence-corrected chi connectivity index (χ0v) is 16.8. The molecule has 3 aromatic rings. The van der Waals surface area contributed by atoms with Gasteiger partial charge in [-0.2, -0.15) is 0 Å². The molecule has 0 bridgehead atoms. The van der Waals surface area contributed by atoms with Crippen LogP contribution in [0.1, 0.15) is 27.4 Å². The fourth-order valence-corrected chi connectivity index (χ4v) is 3.41. The maximum absolute atomic E-state index is 13.5. The average molecular weight is 426 g/mol. The molecular formula is C22H20F2N4O3. The molecule has 0 saturated carbocycles. The monoisotopic (exact) mass is 426 g/mol. The highest BCUT2D eigenvalue weighted by Crippen LogP contribution is 2.18. The molecule has 2 heterocycles. The van der Waals surface area contributed by atoms with E-state index in [0.29, 0.717) is 30.1 Å². The number of amides is 2. The Bertz CT molecular complexity index is 1150. The molecule has 4 rings (SSSR count). The molecule has 1 aliphatic heterocycles. The van der Waals surface area contributed by atoms with E-state index in [1.807, 2.05) is 24.3 Å². The number of methoxy groups -OCH3 is 1. The number of benzene rings is 2. The number of fused-ring (bicyclic) bond motifs is 1. The highest BCUT2D eigenvalue weighted by molar-refractivity contribution is 5.93. The van der Waals surface area contributed by atoms with E-state index >= 15 is 0 Å². The van der Waals surface area contributed by atoms with Gasteiger partial charge in [0.05, 0.1) is 7.11 Å². The van der Waals surface area contributed by atoms with Gasteiger partial charge in [-0.15, -0.1) is 0 Å². The third kappa shape index (κ3) is 4.40. The lowest BCUT2D eigenvalue weighted by molar-refractivity contribution is 0.0946. The van der Waals surface area contributed by atoms with Gasteiger partial charge < -0.3 is 15.0 Å². The van der Waals surface area contributed by atoms with Crippen molar-refractivity contribution < 1.29 is 23.1 Å². The van der Waals surface area contributed by atoms with Gasteiger partial charge in [0, 0.05) is 32.3 Å². The van der Waals surface area contributed by atoms with Gasteiger partial charge in [-0.25, -0.2) is 18.6 Å². The van der Waals surface area contributed by atoms with Gasteiger partial charge in [-0.3, -0.25) is 9.36 Å². The Morgan fingerprint density at radius 1 is 1.16 bits per heavy atom. The SMILES string of the molecule is COc1cccc(CNC(=O)c2cn3c(n2)CCN(Cc2ccc(F)c(F)c2)C3=O)c1. The number of imidazole rings is 1. The minimum Gasteiger partial charge on any atom is -0.497 e. The molecular weight excluding hydrogens is 406 g/mol. The van der Waals surface area contributed by atoms with Crippen LogP contribution in [0.4, 0.5) is 13.6 Å². The van der Waals surface area contributed by atoms with Crippen LogP contribution in [0.2, 0.25) is 0 Å². The first kappa shape index (κ1) is 20.5. The second kappa shape index (κ2) is 8.55. The Hall–Kier alpha value is -3.75. The number of nitrogens with one attached hydrogen (secondary N) is 1. The normalized spacial score (nSPS) is 13.1. The lowest BCUT2D eigenvalue weighted by Crippen LogP contribution is -2.40. The van der Waals surface area contributed by atoms with Gasteiger partial charge in [-0.05, 0) is 35.4 Å². The molecule has 1 aromatic heterocycles. The summed E-state index contributed by atoms with van der Waals surface area (Å²) in [6.07, 6.45) is 1.84. The van der Waals surface area contributed by atoms with Crippen LogP contribution in [0, 0.1) is 11.6 Å². The fraction of sp³-hybridized carbons (Fsp3) is 0.227. The van der Waals surface area contributed by atoms with E-state index in [2.05, 4.69) is 10.3 Å². The average Bonchev–Trinajstić information content (AvgIpc) is 3.22. The summed E-state index contributed by atoms with van der Waals surface area (Å²) in [5, 5.41) is 2.78. The number of nitrogens with zero attached hydrogens (tertiary/aromatic N) is 3. The summed E-state index contributed by atoms with van der Waals surface area (Å²) in [5.41, 5.74) is 1.48. The van der Waals surface area contributed by atoms with Crippen molar-refractivity contribution in [2.24, 2.45) is 0 Å². The van der Waals surface area contributed by atoms with Crippen LogP contribution < -0.4 is 10.1 Å². The van der Waals surface area contributed by atoms with Crippen LogP contribution >= 0.6 is 0 Å². The molecule has 9 heteroatoms. The molecule has 160 valence electrons. The van der Waals surface area contributed by atoms with E-state index in [1.165, 1.54) is 21.7 Å². The van der Waals surface area contributed by atoms with Gasteiger partial charge in [0.25, 0.3) is 5.91 Å². The molecule has 2 aromatic carbocycles. The van der Waals surface area contributed by atoms with Crippen molar-refractivity contribution in [2.45, 2.75) is 19.5 Å². The Kier molecular flexibility index (Phi) is 5.66. The maximum Gasteiger partial charge on any atom is 0.329 e. The van der Waals surface area contributed by atoms with E-state index in [1.54, 1.807) is 7.11 Å². The molecule has 0 atom stereocenters. The van der Waals surface area contributed by atoms with Crippen LogP contribution in [-0.4, -0.2) is 40.0 Å². The topological polar surface area (TPSA) is 76.5 Å². The van der Waals surface area contributed by atoms with Crippen molar-refractivity contribution in [2.75, 3.05) is 13.7 Å². The van der Waals surface area contributed by atoms with E-state index in [-0.39, 0.29) is 24.8 Å². The Labute approximate surface area is 177 Å². The van der Waals surface area contributed by atoms with E-state index in [4.69, 9.17) is 4.74 Å². The molecule has 0 radical (unpaired) electrons. The van der Waals surface area contributed by atoms with Gasteiger partial charge in [-0.1, -0.05) is 18.2 Å². The van der Waals surface area contributed by atoms with Crippen molar-refractivity contribution in [3.8, 4) is 5.75 Å². The van der Waals surface area contributed by atoms with E-state index < -0.39 is 17.5 Å². The number of rotatable bonds is 6. The number of hydrogen-bond donors (Lipinski definition) is 1. The summed E-state index contributed by atoms with van der Waals surface area (Å²) in [7, 11) is 1.57. The van der Waals surface area contributed by atoms with Crippen LogP contribution in [0.25, 0.3) is 0 Å². The third-order valence-electron chi connectivity index (χ3n) is 5.04. The summed E-state index contributed by atoms with van der Waals surface area (Å²) in [5.74, 6) is -1.12. The lowest BCUT2D eigenvalue weighted by atomic mass is 10.2. The lowest BCUT2D eigenvalue weighted by Gasteiger charge is -2.27. The van der Waals surface area contributed by atoms with Gasteiger partial charge >= 0.3 is 6.03 Å². The van der Waals surface area contributed by atoms with Crippen LogP contribution in [0.15, 0.2) is 48.7 Å². The Morgan fingerprint density at radius 3 is 2.77 bits per heavy atom. The zero-order chi connectivity index (χ0) is 22.0. The van der Waals surface area contributed by atoms with Crippen molar-refractivity contribution in [1.82, 2.24) is 19.8 Å². The highest BCUT2D eigenvalue weighted by Gasteiger charge is 2.27. The van der Waals surface area contributed by atoms with Gasteiger partial charge in [0.2, 0.25) is 0 Å². The summed E-state index contributed by atoms with van der Waals surface area (Å²) in [6, 6.07) is 10.5. The second-order valence-electron chi connectivity index (χ2n) is 7.15. The fourth-order valence-electron chi connectivity index (χ4n) is 3.41. The molecule has 0 unspecified atom stereocenters. The molecule has 7 nitrogen and oxygen atoms in total. The molecule has 0 saturated heterocycles. The number of carbonyl (C=O) groups excluding carboxylic acids is 2. The summed E-state index contributed by atoms with van der Waals surface area (Å²) >= 11 is 0. The first-order valence-corrected chi connectivity index (χ1v) is 9.67. The first-order valence-electron chi connectivity index (χ1n) is 9.67. The number of aromatic nitrogens is 2. The molecule has 0 fully saturated rings. The van der Waals surface area contributed by atoms with Gasteiger partial charge in [0.1, 0.15) is 17.3 Å². The van der Waals surface area contributed by atoms with Crippen molar-refractivity contribution in [3.05, 3.63) is 82.9 Å². The largest absolute Gasteiger partial charge is 0.497 e. The Balaban J connectivity index is 1.43. The van der Waals surface area contributed by atoms with Crippen molar-refractivity contribution >= 4 is 11.9 Å². The molecule has 0 aliphatic carbocycles.